The van der Waals surface area contributed by atoms with Gasteiger partial charge in [0.15, 0.2) is 0 Å². The molecule has 1 fully saturated rings. The van der Waals surface area contributed by atoms with E-state index in [2.05, 4.69) is 10.3 Å². The number of pyridine rings is 1. The minimum Gasteiger partial charge on any atom is -0.343 e. The van der Waals surface area contributed by atoms with E-state index in [0.717, 1.165) is 5.56 Å². The summed E-state index contributed by atoms with van der Waals surface area (Å²) in [6.45, 7) is 6.04. The van der Waals surface area contributed by atoms with Gasteiger partial charge in [0.1, 0.15) is 11.6 Å². The first-order valence-electron chi connectivity index (χ1n) is 7.06. The Morgan fingerprint density at radius 3 is 2.60 bits per heavy atom. The second-order valence-corrected chi connectivity index (χ2v) is 5.22. The number of hydrogen-bond acceptors (Lipinski definition) is 3. The van der Waals surface area contributed by atoms with Gasteiger partial charge in [-0.25, -0.2) is 0 Å². The standard InChI is InChI=1S/C15H21N3O2/c1-4-15(5-2)14(20)17-11(3)13(19)18(15)10-12-7-6-8-16-9-12/h6-9,11H,4-5,10H2,1-3H3,(H,17,20). The molecule has 1 aliphatic heterocycles. The Morgan fingerprint density at radius 1 is 1.35 bits per heavy atom. The van der Waals surface area contributed by atoms with Gasteiger partial charge in [0.25, 0.3) is 0 Å². The summed E-state index contributed by atoms with van der Waals surface area (Å²) >= 11 is 0. The van der Waals surface area contributed by atoms with Crippen LogP contribution in [0.2, 0.25) is 0 Å². The summed E-state index contributed by atoms with van der Waals surface area (Å²) in [6.07, 6.45) is 4.65. The van der Waals surface area contributed by atoms with Crippen molar-refractivity contribution in [3.63, 3.8) is 0 Å². The van der Waals surface area contributed by atoms with E-state index in [1.54, 1.807) is 24.2 Å². The first-order chi connectivity index (χ1) is 9.55. The molecular formula is C15H21N3O2. The Bertz CT molecular complexity index is 497. The van der Waals surface area contributed by atoms with Crippen LogP contribution in [-0.2, 0) is 16.1 Å². The van der Waals surface area contributed by atoms with Crippen molar-refractivity contribution in [1.82, 2.24) is 15.2 Å². The lowest BCUT2D eigenvalue weighted by Crippen LogP contribution is -2.69. The lowest BCUT2D eigenvalue weighted by atomic mass is 9.85. The quantitative estimate of drug-likeness (QED) is 0.905. The number of hydrogen-bond donors (Lipinski definition) is 1. The normalized spacial score (nSPS) is 21.8. The molecule has 0 bridgehead atoms. The molecule has 1 unspecified atom stereocenters. The summed E-state index contributed by atoms with van der Waals surface area (Å²) in [5.41, 5.74) is 0.188. The molecule has 0 saturated carbocycles. The van der Waals surface area contributed by atoms with E-state index in [1.807, 2.05) is 26.0 Å². The first kappa shape index (κ1) is 14.5. The fourth-order valence-electron chi connectivity index (χ4n) is 2.82. The predicted octanol–water partition coefficient (Wildman–Crippen LogP) is 1.49. The topological polar surface area (TPSA) is 62.3 Å². The maximum absolute atomic E-state index is 12.5. The van der Waals surface area contributed by atoms with Crippen LogP contribution < -0.4 is 5.32 Å². The van der Waals surface area contributed by atoms with Crippen molar-refractivity contribution in [1.29, 1.82) is 0 Å². The van der Waals surface area contributed by atoms with Crippen molar-refractivity contribution in [2.24, 2.45) is 0 Å². The minimum atomic E-state index is -0.751. The molecule has 2 heterocycles. The average molecular weight is 275 g/mol. The van der Waals surface area contributed by atoms with Crippen molar-refractivity contribution < 1.29 is 9.59 Å². The van der Waals surface area contributed by atoms with Crippen LogP contribution in [0.1, 0.15) is 39.2 Å². The molecule has 1 saturated heterocycles. The van der Waals surface area contributed by atoms with Crippen LogP contribution in [0.4, 0.5) is 0 Å². The number of carbonyl (C=O) groups is 2. The van der Waals surface area contributed by atoms with Crippen LogP contribution in [0, 0.1) is 0 Å². The van der Waals surface area contributed by atoms with Crippen LogP contribution in [0.5, 0.6) is 0 Å². The molecule has 5 nitrogen and oxygen atoms in total. The zero-order chi connectivity index (χ0) is 14.8. The van der Waals surface area contributed by atoms with Crippen LogP contribution in [0.15, 0.2) is 24.5 Å². The molecule has 0 radical (unpaired) electrons. The highest BCUT2D eigenvalue weighted by atomic mass is 16.2. The summed E-state index contributed by atoms with van der Waals surface area (Å²) in [6, 6.07) is 3.30. The average Bonchev–Trinajstić information content (AvgIpc) is 2.47. The molecule has 1 aromatic rings. The molecular weight excluding hydrogens is 254 g/mol. The number of amides is 2. The molecule has 1 atom stereocenters. The molecule has 108 valence electrons. The molecule has 2 rings (SSSR count). The van der Waals surface area contributed by atoms with E-state index in [1.165, 1.54) is 0 Å². The third kappa shape index (κ3) is 2.28. The van der Waals surface area contributed by atoms with E-state index in [-0.39, 0.29) is 11.8 Å². The SMILES string of the molecule is CCC1(CC)C(=O)NC(C)C(=O)N1Cc1cccnc1. The number of nitrogens with one attached hydrogen (secondary N) is 1. The largest absolute Gasteiger partial charge is 0.343 e. The third-order valence-electron chi connectivity index (χ3n) is 4.16. The van der Waals surface area contributed by atoms with Crippen LogP contribution in [-0.4, -0.2) is 33.3 Å². The number of aromatic nitrogens is 1. The van der Waals surface area contributed by atoms with Crippen molar-refractivity contribution in [2.45, 2.75) is 51.7 Å². The second-order valence-electron chi connectivity index (χ2n) is 5.22. The van der Waals surface area contributed by atoms with Gasteiger partial charge in [-0.3, -0.25) is 14.6 Å². The zero-order valence-electron chi connectivity index (χ0n) is 12.2. The molecule has 1 aliphatic rings. The Balaban J connectivity index is 2.37. The first-order valence-corrected chi connectivity index (χ1v) is 7.06. The molecule has 20 heavy (non-hydrogen) atoms. The third-order valence-corrected chi connectivity index (χ3v) is 4.16. The highest BCUT2D eigenvalue weighted by Crippen LogP contribution is 2.30. The summed E-state index contributed by atoms with van der Waals surface area (Å²) in [7, 11) is 0. The summed E-state index contributed by atoms with van der Waals surface area (Å²) in [4.78, 5) is 30.7. The van der Waals surface area contributed by atoms with Crippen LogP contribution in [0.25, 0.3) is 0 Å². The van der Waals surface area contributed by atoms with E-state index < -0.39 is 11.6 Å². The van der Waals surface area contributed by atoms with E-state index >= 15 is 0 Å². The van der Waals surface area contributed by atoms with Gasteiger partial charge in [-0.05, 0) is 31.4 Å². The Kier molecular flexibility index (Phi) is 4.06. The molecule has 2 amide bonds. The van der Waals surface area contributed by atoms with Gasteiger partial charge in [0.05, 0.1) is 0 Å². The lowest BCUT2D eigenvalue weighted by molar-refractivity contribution is -0.158. The van der Waals surface area contributed by atoms with Gasteiger partial charge in [-0.1, -0.05) is 19.9 Å². The van der Waals surface area contributed by atoms with Crippen LogP contribution >= 0.6 is 0 Å². The van der Waals surface area contributed by atoms with Crippen LogP contribution in [0.3, 0.4) is 0 Å². The number of nitrogens with zero attached hydrogens (tertiary/aromatic N) is 2. The Labute approximate surface area is 119 Å². The van der Waals surface area contributed by atoms with Gasteiger partial charge in [-0.15, -0.1) is 0 Å². The van der Waals surface area contributed by atoms with Crippen molar-refractivity contribution in [3.05, 3.63) is 30.1 Å². The maximum atomic E-state index is 12.5. The molecule has 0 aromatic carbocycles. The van der Waals surface area contributed by atoms with Gasteiger partial charge in [0.2, 0.25) is 11.8 Å². The second kappa shape index (κ2) is 5.61. The molecule has 5 heteroatoms. The number of piperazine rings is 1. The Morgan fingerprint density at radius 2 is 2.05 bits per heavy atom. The van der Waals surface area contributed by atoms with Crippen molar-refractivity contribution in [2.75, 3.05) is 0 Å². The molecule has 0 spiro atoms. The van der Waals surface area contributed by atoms with Crippen molar-refractivity contribution in [3.8, 4) is 0 Å². The summed E-state index contributed by atoms with van der Waals surface area (Å²) in [5.74, 6) is -0.0874. The number of rotatable bonds is 4. The zero-order valence-corrected chi connectivity index (χ0v) is 12.2. The Hall–Kier alpha value is -1.91. The smallest absolute Gasteiger partial charge is 0.246 e. The molecule has 1 aromatic heterocycles. The monoisotopic (exact) mass is 275 g/mol. The maximum Gasteiger partial charge on any atom is 0.246 e. The van der Waals surface area contributed by atoms with Gasteiger partial charge in [0, 0.05) is 18.9 Å². The summed E-state index contributed by atoms with van der Waals surface area (Å²) in [5, 5.41) is 2.79. The fraction of sp³-hybridized carbons (Fsp3) is 0.533. The lowest BCUT2D eigenvalue weighted by Gasteiger charge is -2.47. The molecule has 1 N–H and O–H groups in total. The summed E-state index contributed by atoms with van der Waals surface area (Å²) < 4.78 is 0. The van der Waals surface area contributed by atoms with Crippen molar-refractivity contribution >= 4 is 11.8 Å². The molecule has 0 aliphatic carbocycles. The number of carbonyl (C=O) groups excluding carboxylic acids is 2. The van der Waals surface area contributed by atoms with E-state index in [0.29, 0.717) is 19.4 Å². The van der Waals surface area contributed by atoms with Gasteiger partial charge >= 0.3 is 0 Å². The highest BCUT2D eigenvalue weighted by Gasteiger charge is 2.48. The predicted molar refractivity (Wildman–Crippen MR) is 75.7 cm³/mol. The van der Waals surface area contributed by atoms with E-state index in [9.17, 15) is 9.59 Å². The fourth-order valence-corrected chi connectivity index (χ4v) is 2.82. The van der Waals surface area contributed by atoms with E-state index in [4.69, 9.17) is 0 Å². The van der Waals surface area contributed by atoms with Gasteiger partial charge < -0.3 is 10.2 Å². The highest BCUT2D eigenvalue weighted by molar-refractivity contribution is 5.99. The minimum absolute atomic E-state index is 0.0304. The van der Waals surface area contributed by atoms with Gasteiger partial charge in [-0.2, -0.15) is 0 Å².